The van der Waals surface area contributed by atoms with Crippen molar-refractivity contribution >= 4 is 24.1 Å². The van der Waals surface area contributed by atoms with Crippen molar-refractivity contribution in [2.24, 2.45) is 0 Å². The molecule has 1 aromatic carbocycles. The van der Waals surface area contributed by atoms with Crippen molar-refractivity contribution in [1.82, 2.24) is 15.2 Å². The Morgan fingerprint density at radius 3 is 2.46 bits per heavy atom. The Labute approximate surface area is 158 Å². The van der Waals surface area contributed by atoms with Crippen LogP contribution in [0.4, 0.5) is 10.2 Å². The molecular weight excluding hydrogens is 359 g/mol. The Morgan fingerprint density at radius 2 is 1.85 bits per heavy atom. The number of pyridine rings is 1. The number of carbonyl (C=O) groups excluding carboxylic acids is 1. The average molecular weight is 381 g/mol. The molecule has 6 nitrogen and oxygen atoms in total. The van der Waals surface area contributed by atoms with Crippen molar-refractivity contribution in [3.63, 3.8) is 0 Å². The van der Waals surface area contributed by atoms with Gasteiger partial charge in [0.25, 0.3) is 0 Å². The molecule has 26 heavy (non-hydrogen) atoms. The summed E-state index contributed by atoms with van der Waals surface area (Å²) in [6.07, 6.45) is 1.52. The molecule has 0 radical (unpaired) electrons. The van der Waals surface area contributed by atoms with Crippen LogP contribution in [0.3, 0.4) is 0 Å². The van der Waals surface area contributed by atoms with Crippen LogP contribution in [-0.4, -0.2) is 48.0 Å². The van der Waals surface area contributed by atoms with Gasteiger partial charge in [0.15, 0.2) is 0 Å². The van der Waals surface area contributed by atoms with E-state index in [4.69, 9.17) is 4.74 Å². The quantitative estimate of drug-likeness (QED) is 0.834. The number of anilines is 1. The van der Waals surface area contributed by atoms with Gasteiger partial charge >= 0.3 is 0 Å². The van der Waals surface area contributed by atoms with Gasteiger partial charge in [-0.1, -0.05) is 0 Å². The van der Waals surface area contributed by atoms with Gasteiger partial charge in [0, 0.05) is 26.2 Å². The molecule has 2 heterocycles. The van der Waals surface area contributed by atoms with Crippen molar-refractivity contribution < 1.29 is 13.9 Å². The smallest absolute Gasteiger partial charge is 0.242 e. The number of amides is 1. The van der Waals surface area contributed by atoms with Crippen molar-refractivity contribution in [3.05, 3.63) is 48.4 Å². The number of rotatable bonds is 5. The Kier molecular flexibility index (Phi) is 7.32. The van der Waals surface area contributed by atoms with E-state index in [2.05, 4.69) is 20.5 Å². The van der Waals surface area contributed by atoms with E-state index in [0.29, 0.717) is 17.3 Å². The summed E-state index contributed by atoms with van der Waals surface area (Å²) in [6, 6.07) is 8.92. The summed E-state index contributed by atoms with van der Waals surface area (Å²) in [6.45, 7) is 5.39. The van der Waals surface area contributed by atoms with Crippen LogP contribution >= 0.6 is 12.4 Å². The van der Waals surface area contributed by atoms with Crippen LogP contribution in [0.25, 0.3) is 0 Å². The zero-order valence-corrected chi connectivity index (χ0v) is 15.3. The van der Waals surface area contributed by atoms with Gasteiger partial charge in [-0.2, -0.15) is 0 Å². The lowest BCUT2D eigenvalue weighted by Gasteiger charge is -2.31. The summed E-state index contributed by atoms with van der Waals surface area (Å²) in [5.41, 5.74) is 0. The van der Waals surface area contributed by atoms with E-state index in [0.717, 1.165) is 26.2 Å². The van der Waals surface area contributed by atoms with Crippen LogP contribution in [0.2, 0.25) is 0 Å². The lowest BCUT2D eigenvalue weighted by Crippen LogP contribution is -2.51. The van der Waals surface area contributed by atoms with Gasteiger partial charge in [0.1, 0.15) is 23.1 Å². The maximum absolute atomic E-state index is 12.9. The van der Waals surface area contributed by atoms with Gasteiger partial charge in [-0.05, 0) is 43.3 Å². The van der Waals surface area contributed by atoms with Crippen LogP contribution in [0, 0.1) is 5.82 Å². The highest BCUT2D eigenvalue weighted by atomic mass is 35.5. The number of nitrogens with one attached hydrogen (secondary N) is 2. The molecule has 1 aromatic heterocycles. The van der Waals surface area contributed by atoms with Crippen LogP contribution in [0.5, 0.6) is 11.5 Å². The number of hydrogen-bond acceptors (Lipinski definition) is 5. The fraction of sp³-hybridized carbons (Fsp3) is 0.333. The second-order valence-corrected chi connectivity index (χ2v) is 5.89. The lowest BCUT2D eigenvalue weighted by molar-refractivity contribution is -0.121. The van der Waals surface area contributed by atoms with E-state index in [1.165, 1.54) is 18.3 Å². The summed E-state index contributed by atoms with van der Waals surface area (Å²) in [5, 5.41) is 6.09. The van der Waals surface area contributed by atoms with E-state index >= 15 is 0 Å². The predicted octanol–water partition coefficient (Wildman–Crippen LogP) is 2.67. The number of piperazine rings is 1. The predicted molar refractivity (Wildman–Crippen MR) is 100 cm³/mol. The molecule has 0 aliphatic carbocycles. The Hall–Kier alpha value is -2.22. The molecule has 1 aliphatic heterocycles. The molecule has 140 valence electrons. The number of halogens is 2. The van der Waals surface area contributed by atoms with Gasteiger partial charge in [0.2, 0.25) is 5.91 Å². The zero-order chi connectivity index (χ0) is 17.6. The summed E-state index contributed by atoms with van der Waals surface area (Å²) in [7, 11) is 0. The molecule has 2 N–H and O–H groups in total. The van der Waals surface area contributed by atoms with Crippen molar-refractivity contribution in [1.29, 1.82) is 0 Å². The van der Waals surface area contributed by atoms with Crippen LogP contribution in [0.15, 0.2) is 42.6 Å². The summed E-state index contributed by atoms with van der Waals surface area (Å²) in [4.78, 5) is 18.7. The third-order valence-electron chi connectivity index (χ3n) is 4.12. The Morgan fingerprint density at radius 1 is 1.19 bits per heavy atom. The zero-order valence-electron chi connectivity index (χ0n) is 14.4. The monoisotopic (exact) mass is 380 g/mol. The first-order valence-corrected chi connectivity index (χ1v) is 8.27. The molecule has 1 saturated heterocycles. The minimum Gasteiger partial charge on any atom is -0.456 e. The molecule has 1 atom stereocenters. The number of aromatic nitrogens is 1. The van der Waals surface area contributed by atoms with Crippen molar-refractivity contribution in [2.45, 2.75) is 13.0 Å². The number of benzene rings is 1. The topological polar surface area (TPSA) is 66.5 Å². The third kappa shape index (κ3) is 5.39. The molecule has 3 rings (SSSR count). The molecule has 8 heteroatoms. The molecule has 0 bridgehead atoms. The molecule has 1 unspecified atom stereocenters. The van der Waals surface area contributed by atoms with Gasteiger partial charge in [-0.15, -0.1) is 12.4 Å². The highest BCUT2D eigenvalue weighted by molar-refractivity contribution is 5.93. The first-order chi connectivity index (χ1) is 12.1. The SMILES string of the molecule is CC(C(=O)Nc1ccc(Oc2ccc(F)cc2)cn1)N1CCNCC1.Cl. The molecular formula is C18H22ClFN4O2. The van der Waals surface area contributed by atoms with E-state index < -0.39 is 0 Å². The normalized spacial score (nSPS) is 15.6. The average Bonchev–Trinajstić information content (AvgIpc) is 2.65. The first-order valence-electron chi connectivity index (χ1n) is 8.27. The van der Waals surface area contributed by atoms with E-state index in [-0.39, 0.29) is 30.2 Å². The molecule has 0 spiro atoms. The maximum Gasteiger partial charge on any atom is 0.242 e. The van der Waals surface area contributed by atoms with E-state index in [1.54, 1.807) is 24.3 Å². The number of carbonyl (C=O) groups is 1. The number of hydrogen-bond donors (Lipinski definition) is 2. The summed E-state index contributed by atoms with van der Waals surface area (Å²) >= 11 is 0. The van der Waals surface area contributed by atoms with Crippen LogP contribution in [-0.2, 0) is 4.79 Å². The van der Waals surface area contributed by atoms with Gasteiger partial charge < -0.3 is 15.4 Å². The second kappa shape index (κ2) is 9.47. The molecule has 1 fully saturated rings. The highest BCUT2D eigenvalue weighted by Crippen LogP contribution is 2.21. The van der Waals surface area contributed by atoms with E-state index in [9.17, 15) is 9.18 Å². The maximum atomic E-state index is 12.9. The fourth-order valence-electron chi connectivity index (χ4n) is 2.62. The van der Waals surface area contributed by atoms with Gasteiger partial charge in [-0.3, -0.25) is 9.69 Å². The first kappa shape index (κ1) is 20.1. The lowest BCUT2D eigenvalue weighted by atomic mass is 10.2. The fourth-order valence-corrected chi connectivity index (χ4v) is 2.62. The minimum atomic E-state index is -0.317. The van der Waals surface area contributed by atoms with Crippen molar-refractivity contribution in [2.75, 3.05) is 31.5 Å². The Balaban J connectivity index is 0.00000243. The minimum absolute atomic E-state index is 0. The Bertz CT molecular complexity index is 706. The third-order valence-corrected chi connectivity index (χ3v) is 4.12. The second-order valence-electron chi connectivity index (χ2n) is 5.89. The standard InChI is InChI=1S/C18H21FN4O2.ClH/c1-13(23-10-8-20-9-11-23)18(24)22-17-7-6-16(12-21-17)25-15-4-2-14(19)3-5-15;/h2-7,12-13,20H,8-11H2,1H3,(H,21,22,24);1H. The van der Waals surface area contributed by atoms with Gasteiger partial charge in [-0.25, -0.2) is 9.37 Å². The van der Waals surface area contributed by atoms with Gasteiger partial charge in [0.05, 0.1) is 12.2 Å². The van der Waals surface area contributed by atoms with E-state index in [1.807, 2.05) is 6.92 Å². The number of ether oxygens (including phenoxy) is 1. The number of nitrogens with zero attached hydrogens (tertiary/aromatic N) is 2. The van der Waals surface area contributed by atoms with Crippen molar-refractivity contribution in [3.8, 4) is 11.5 Å². The molecule has 2 aromatic rings. The van der Waals surface area contributed by atoms with Crippen LogP contribution < -0.4 is 15.4 Å². The molecule has 1 aliphatic rings. The highest BCUT2D eigenvalue weighted by Gasteiger charge is 2.22. The summed E-state index contributed by atoms with van der Waals surface area (Å²) in [5.74, 6) is 1.11. The summed E-state index contributed by atoms with van der Waals surface area (Å²) < 4.78 is 18.5. The molecule has 0 saturated carbocycles. The largest absolute Gasteiger partial charge is 0.456 e. The van der Waals surface area contributed by atoms with Crippen LogP contribution in [0.1, 0.15) is 6.92 Å². The molecule has 1 amide bonds.